The third kappa shape index (κ3) is 3.45. The molecular formula is C15H20N2OS. The number of fused-ring (bicyclic) bond motifs is 1. The van der Waals surface area contributed by atoms with E-state index < -0.39 is 0 Å². The molecule has 1 atom stereocenters. The fourth-order valence-electron chi connectivity index (χ4n) is 2.57. The second-order valence-corrected chi connectivity index (χ2v) is 6.08. The summed E-state index contributed by atoms with van der Waals surface area (Å²) in [5.41, 5.74) is 1.04. The molecule has 3 rings (SSSR count). The van der Waals surface area contributed by atoms with Gasteiger partial charge in [0.25, 0.3) is 5.19 Å². The Labute approximate surface area is 118 Å². The van der Waals surface area contributed by atoms with Crippen LogP contribution in [0.4, 0.5) is 0 Å². The number of piperidine rings is 1. The summed E-state index contributed by atoms with van der Waals surface area (Å²) in [5, 5.41) is 4.37. The highest BCUT2D eigenvalue weighted by Gasteiger charge is 2.12. The first kappa shape index (κ1) is 12.9. The van der Waals surface area contributed by atoms with Crippen LogP contribution in [-0.4, -0.2) is 24.2 Å². The lowest BCUT2D eigenvalue weighted by Crippen LogP contribution is -2.34. The molecule has 0 radical (unpaired) electrons. The van der Waals surface area contributed by atoms with E-state index in [9.17, 15) is 0 Å². The maximum Gasteiger partial charge on any atom is 0.274 e. The van der Waals surface area contributed by atoms with Crippen molar-refractivity contribution in [3.05, 3.63) is 24.3 Å². The fraction of sp³-hybridized carbons (Fsp3) is 0.533. The van der Waals surface area contributed by atoms with E-state index in [1.54, 1.807) is 11.3 Å². The first-order valence-corrected chi connectivity index (χ1v) is 7.95. The molecule has 102 valence electrons. The molecule has 3 nitrogen and oxygen atoms in total. The van der Waals surface area contributed by atoms with Crippen LogP contribution in [0.3, 0.4) is 0 Å². The normalized spacial score (nSPS) is 19.7. The van der Waals surface area contributed by atoms with Gasteiger partial charge in [-0.05, 0) is 44.4 Å². The van der Waals surface area contributed by atoms with Crippen LogP contribution in [0.2, 0.25) is 0 Å². The molecule has 0 bridgehead atoms. The van der Waals surface area contributed by atoms with Crippen LogP contribution in [0.15, 0.2) is 24.3 Å². The molecule has 0 aliphatic carbocycles. The summed E-state index contributed by atoms with van der Waals surface area (Å²) >= 11 is 1.63. The van der Waals surface area contributed by atoms with Gasteiger partial charge in [0.1, 0.15) is 0 Å². The summed E-state index contributed by atoms with van der Waals surface area (Å²) in [6, 6.07) is 8.88. The summed E-state index contributed by atoms with van der Waals surface area (Å²) in [4.78, 5) is 4.48. The number of rotatable bonds is 5. The van der Waals surface area contributed by atoms with Gasteiger partial charge in [0.2, 0.25) is 0 Å². The van der Waals surface area contributed by atoms with Crippen LogP contribution < -0.4 is 10.1 Å². The molecule has 1 saturated heterocycles. The summed E-state index contributed by atoms with van der Waals surface area (Å²) < 4.78 is 6.96. The zero-order valence-corrected chi connectivity index (χ0v) is 11.9. The Kier molecular flexibility index (Phi) is 4.30. The number of hydrogen-bond donors (Lipinski definition) is 1. The minimum atomic E-state index is 0.702. The van der Waals surface area contributed by atoms with E-state index >= 15 is 0 Å². The number of nitrogens with one attached hydrogen (secondary N) is 1. The van der Waals surface area contributed by atoms with E-state index in [1.165, 1.54) is 36.9 Å². The second kappa shape index (κ2) is 6.35. The molecule has 1 fully saturated rings. The molecule has 1 aliphatic rings. The van der Waals surface area contributed by atoms with E-state index in [4.69, 9.17) is 4.74 Å². The Balaban J connectivity index is 1.44. The van der Waals surface area contributed by atoms with Gasteiger partial charge in [-0.3, -0.25) is 0 Å². The maximum atomic E-state index is 5.76. The van der Waals surface area contributed by atoms with Crippen molar-refractivity contribution in [2.75, 3.05) is 13.2 Å². The van der Waals surface area contributed by atoms with Crippen molar-refractivity contribution in [2.24, 2.45) is 0 Å². The number of ether oxygens (including phenoxy) is 1. The van der Waals surface area contributed by atoms with Crippen LogP contribution in [0.5, 0.6) is 5.19 Å². The van der Waals surface area contributed by atoms with E-state index in [1.807, 2.05) is 18.2 Å². The smallest absolute Gasteiger partial charge is 0.274 e. The molecule has 1 aliphatic heterocycles. The van der Waals surface area contributed by atoms with Crippen molar-refractivity contribution in [1.82, 2.24) is 10.3 Å². The predicted octanol–water partition coefficient (Wildman–Crippen LogP) is 3.60. The molecule has 2 aromatic rings. The van der Waals surface area contributed by atoms with Crippen molar-refractivity contribution in [1.29, 1.82) is 0 Å². The van der Waals surface area contributed by atoms with Gasteiger partial charge in [-0.2, -0.15) is 0 Å². The lowest BCUT2D eigenvalue weighted by Gasteiger charge is -2.23. The Morgan fingerprint density at radius 2 is 2.26 bits per heavy atom. The van der Waals surface area contributed by atoms with E-state index in [2.05, 4.69) is 16.4 Å². The van der Waals surface area contributed by atoms with Crippen LogP contribution >= 0.6 is 11.3 Å². The minimum Gasteiger partial charge on any atom is -0.470 e. The monoisotopic (exact) mass is 276 g/mol. The SMILES string of the molecule is c1ccc2sc(OCCCC3CCCCN3)nc2c1. The number of hydrogen-bond acceptors (Lipinski definition) is 4. The van der Waals surface area contributed by atoms with Crippen LogP contribution in [0.1, 0.15) is 32.1 Å². The Bertz CT molecular complexity index is 487. The zero-order chi connectivity index (χ0) is 12.9. The van der Waals surface area contributed by atoms with Crippen molar-refractivity contribution in [3.8, 4) is 5.19 Å². The molecule has 1 N–H and O–H groups in total. The first-order chi connectivity index (χ1) is 9.42. The molecule has 1 unspecified atom stereocenters. The highest BCUT2D eigenvalue weighted by Crippen LogP contribution is 2.27. The number of para-hydroxylation sites is 1. The molecule has 1 aromatic carbocycles. The van der Waals surface area contributed by atoms with Gasteiger partial charge in [-0.15, -0.1) is 0 Å². The van der Waals surface area contributed by atoms with Gasteiger partial charge in [0.05, 0.1) is 16.8 Å². The van der Waals surface area contributed by atoms with Gasteiger partial charge < -0.3 is 10.1 Å². The average molecular weight is 276 g/mol. The van der Waals surface area contributed by atoms with Gasteiger partial charge in [0, 0.05) is 6.04 Å². The summed E-state index contributed by atoms with van der Waals surface area (Å²) in [6.07, 6.45) is 6.34. The Morgan fingerprint density at radius 3 is 3.11 bits per heavy atom. The third-order valence-electron chi connectivity index (χ3n) is 3.61. The second-order valence-electron chi connectivity index (χ2n) is 5.09. The number of aromatic nitrogens is 1. The number of thiazole rings is 1. The van der Waals surface area contributed by atoms with E-state index in [-0.39, 0.29) is 0 Å². The minimum absolute atomic E-state index is 0.702. The highest BCUT2D eigenvalue weighted by molar-refractivity contribution is 7.20. The largest absolute Gasteiger partial charge is 0.470 e. The molecular weight excluding hydrogens is 256 g/mol. The lowest BCUT2D eigenvalue weighted by molar-refractivity contribution is 0.284. The molecule has 4 heteroatoms. The molecule has 2 heterocycles. The third-order valence-corrected chi connectivity index (χ3v) is 4.56. The average Bonchev–Trinajstić information content (AvgIpc) is 2.87. The topological polar surface area (TPSA) is 34.1 Å². The molecule has 1 aromatic heterocycles. The standard InChI is InChI=1S/C15H20N2OS/c1-2-9-14-13(8-1)17-15(19-14)18-11-5-7-12-6-3-4-10-16-12/h1-2,8-9,12,16H,3-7,10-11H2. The van der Waals surface area contributed by atoms with Crippen molar-refractivity contribution in [3.63, 3.8) is 0 Å². The number of nitrogens with zero attached hydrogens (tertiary/aromatic N) is 1. The van der Waals surface area contributed by atoms with Gasteiger partial charge >= 0.3 is 0 Å². The van der Waals surface area contributed by atoms with Gasteiger partial charge in [-0.25, -0.2) is 4.98 Å². The molecule has 19 heavy (non-hydrogen) atoms. The Hall–Kier alpha value is -1.13. The predicted molar refractivity (Wildman–Crippen MR) is 80.0 cm³/mol. The molecule has 0 spiro atoms. The van der Waals surface area contributed by atoms with Crippen LogP contribution in [0, 0.1) is 0 Å². The highest BCUT2D eigenvalue weighted by atomic mass is 32.1. The van der Waals surface area contributed by atoms with Crippen molar-refractivity contribution in [2.45, 2.75) is 38.1 Å². The quantitative estimate of drug-likeness (QED) is 0.847. The van der Waals surface area contributed by atoms with Gasteiger partial charge in [-0.1, -0.05) is 29.9 Å². The fourth-order valence-corrected chi connectivity index (χ4v) is 3.41. The molecule has 0 amide bonds. The van der Waals surface area contributed by atoms with Crippen LogP contribution in [0.25, 0.3) is 10.2 Å². The lowest BCUT2D eigenvalue weighted by atomic mass is 10.0. The maximum absolute atomic E-state index is 5.76. The van der Waals surface area contributed by atoms with Crippen LogP contribution in [-0.2, 0) is 0 Å². The summed E-state index contributed by atoms with van der Waals surface area (Å²) in [7, 11) is 0. The summed E-state index contributed by atoms with van der Waals surface area (Å²) in [5.74, 6) is 0. The van der Waals surface area contributed by atoms with E-state index in [0.717, 1.165) is 23.7 Å². The zero-order valence-electron chi connectivity index (χ0n) is 11.1. The van der Waals surface area contributed by atoms with Crippen molar-refractivity contribution < 1.29 is 4.74 Å². The van der Waals surface area contributed by atoms with Crippen molar-refractivity contribution >= 4 is 21.6 Å². The van der Waals surface area contributed by atoms with E-state index in [0.29, 0.717) is 6.04 Å². The van der Waals surface area contributed by atoms with Gasteiger partial charge in [0.15, 0.2) is 0 Å². The first-order valence-electron chi connectivity index (χ1n) is 7.13. The molecule has 0 saturated carbocycles. The number of benzene rings is 1. The Morgan fingerprint density at radius 1 is 1.32 bits per heavy atom. The summed E-state index contributed by atoms with van der Waals surface area (Å²) in [6.45, 7) is 1.96.